The number of hydrogen-bond acceptors (Lipinski definition) is 3. The molecule has 0 spiro atoms. The van der Waals surface area contributed by atoms with Gasteiger partial charge in [-0.1, -0.05) is 47.1 Å². The summed E-state index contributed by atoms with van der Waals surface area (Å²) < 4.78 is 6.15. The lowest BCUT2D eigenvalue weighted by molar-refractivity contribution is -0.152. The Morgan fingerprint density at radius 2 is 1.62 bits per heavy atom. The summed E-state index contributed by atoms with van der Waals surface area (Å²) in [6, 6.07) is 15.0. The van der Waals surface area contributed by atoms with E-state index >= 15 is 0 Å². The highest BCUT2D eigenvalue weighted by molar-refractivity contribution is 9.10. The predicted octanol–water partition coefficient (Wildman–Crippen LogP) is 4.12. The zero-order valence-electron chi connectivity index (χ0n) is 13.7. The number of rotatable bonds is 6. The van der Waals surface area contributed by atoms with Crippen molar-refractivity contribution in [2.75, 3.05) is 5.32 Å². The standard InChI is InChI=1S/C19H20BrNO3/c1-3-14-6-10-17(11-7-14)21-19(23)13(2)24-18(22)12-15-4-8-16(20)9-5-15/h4-11,13H,3,12H2,1-2H3,(H,21,23)/t13-/m1/s1. The van der Waals surface area contributed by atoms with Gasteiger partial charge < -0.3 is 10.1 Å². The minimum atomic E-state index is -0.848. The molecule has 0 aliphatic rings. The largest absolute Gasteiger partial charge is 0.452 e. The van der Waals surface area contributed by atoms with Gasteiger partial charge in [0.25, 0.3) is 5.91 Å². The molecule has 2 rings (SSSR count). The van der Waals surface area contributed by atoms with E-state index in [4.69, 9.17) is 4.74 Å². The van der Waals surface area contributed by atoms with Crippen molar-refractivity contribution in [3.05, 3.63) is 64.1 Å². The van der Waals surface area contributed by atoms with Gasteiger partial charge in [-0.3, -0.25) is 9.59 Å². The van der Waals surface area contributed by atoms with Gasteiger partial charge in [0, 0.05) is 10.2 Å². The molecule has 0 heterocycles. The Morgan fingerprint density at radius 3 is 2.21 bits per heavy atom. The molecule has 0 radical (unpaired) electrons. The molecule has 24 heavy (non-hydrogen) atoms. The molecule has 0 aliphatic carbocycles. The van der Waals surface area contributed by atoms with Crippen molar-refractivity contribution in [2.24, 2.45) is 0 Å². The second-order valence-electron chi connectivity index (χ2n) is 5.48. The van der Waals surface area contributed by atoms with E-state index in [-0.39, 0.29) is 12.3 Å². The first-order chi connectivity index (χ1) is 11.5. The fourth-order valence-corrected chi connectivity index (χ4v) is 2.39. The van der Waals surface area contributed by atoms with Crippen LogP contribution in [0, 0.1) is 0 Å². The lowest BCUT2D eigenvalue weighted by Crippen LogP contribution is -2.30. The monoisotopic (exact) mass is 389 g/mol. The highest BCUT2D eigenvalue weighted by Gasteiger charge is 2.18. The van der Waals surface area contributed by atoms with Crippen LogP contribution in [0.4, 0.5) is 5.69 Å². The zero-order valence-corrected chi connectivity index (χ0v) is 15.3. The van der Waals surface area contributed by atoms with Crippen LogP contribution in [0.25, 0.3) is 0 Å². The number of ether oxygens (including phenoxy) is 1. The Kier molecular flexibility index (Phi) is 6.55. The van der Waals surface area contributed by atoms with E-state index in [2.05, 4.69) is 28.2 Å². The fraction of sp³-hybridized carbons (Fsp3) is 0.263. The number of esters is 1. The summed E-state index contributed by atoms with van der Waals surface area (Å²) in [6.45, 7) is 3.63. The lowest BCUT2D eigenvalue weighted by Gasteiger charge is -2.14. The molecule has 126 valence electrons. The molecule has 0 saturated carbocycles. The summed E-state index contributed by atoms with van der Waals surface area (Å²) >= 11 is 3.34. The van der Waals surface area contributed by atoms with Gasteiger partial charge in [-0.15, -0.1) is 0 Å². The predicted molar refractivity (Wildman–Crippen MR) is 97.8 cm³/mol. The van der Waals surface area contributed by atoms with Crippen molar-refractivity contribution >= 4 is 33.5 Å². The Bertz CT molecular complexity index is 696. The minimum Gasteiger partial charge on any atom is -0.452 e. The van der Waals surface area contributed by atoms with E-state index in [1.807, 2.05) is 48.5 Å². The second-order valence-corrected chi connectivity index (χ2v) is 6.39. The summed E-state index contributed by atoms with van der Waals surface area (Å²) in [5, 5.41) is 2.75. The third kappa shape index (κ3) is 5.49. The van der Waals surface area contributed by atoms with Crippen molar-refractivity contribution in [1.82, 2.24) is 0 Å². The van der Waals surface area contributed by atoms with Crippen LogP contribution in [0.5, 0.6) is 0 Å². The number of amides is 1. The summed E-state index contributed by atoms with van der Waals surface area (Å²) in [4.78, 5) is 24.0. The summed E-state index contributed by atoms with van der Waals surface area (Å²) in [5.74, 6) is -0.773. The van der Waals surface area contributed by atoms with Crippen LogP contribution in [0.1, 0.15) is 25.0 Å². The number of carbonyl (C=O) groups excluding carboxylic acids is 2. The first-order valence-electron chi connectivity index (χ1n) is 7.81. The molecule has 4 nitrogen and oxygen atoms in total. The van der Waals surface area contributed by atoms with Gasteiger partial charge in [-0.05, 0) is 48.7 Å². The topological polar surface area (TPSA) is 55.4 Å². The summed E-state index contributed by atoms with van der Waals surface area (Å²) in [6.07, 6.45) is 0.229. The fourth-order valence-electron chi connectivity index (χ4n) is 2.13. The van der Waals surface area contributed by atoms with E-state index < -0.39 is 12.1 Å². The van der Waals surface area contributed by atoms with Gasteiger partial charge in [0.15, 0.2) is 6.10 Å². The number of anilines is 1. The molecule has 0 bridgehead atoms. The first-order valence-corrected chi connectivity index (χ1v) is 8.61. The molecule has 2 aromatic carbocycles. The lowest BCUT2D eigenvalue weighted by atomic mass is 10.1. The molecule has 1 N–H and O–H groups in total. The third-order valence-corrected chi connectivity index (χ3v) is 4.10. The van der Waals surface area contributed by atoms with Crippen molar-refractivity contribution in [1.29, 1.82) is 0 Å². The van der Waals surface area contributed by atoms with Crippen molar-refractivity contribution in [3.8, 4) is 0 Å². The number of carbonyl (C=O) groups is 2. The first kappa shape index (κ1) is 18.2. The number of aryl methyl sites for hydroxylation is 1. The minimum absolute atomic E-state index is 0.135. The smallest absolute Gasteiger partial charge is 0.311 e. The molecule has 1 atom stereocenters. The van der Waals surface area contributed by atoms with E-state index in [1.54, 1.807) is 6.92 Å². The zero-order chi connectivity index (χ0) is 17.5. The highest BCUT2D eigenvalue weighted by atomic mass is 79.9. The maximum absolute atomic E-state index is 12.1. The Morgan fingerprint density at radius 1 is 1.04 bits per heavy atom. The normalized spacial score (nSPS) is 11.6. The average molecular weight is 390 g/mol. The van der Waals surface area contributed by atoms with Crippen molar-refractivity contribution in [2.45, 2.75) is 32.8 Å². The Balaban J connectivity index is 1.85. The number of hydrogen-bond donors (Lipinski definition) is 1. The SMILES string of the molecule is CCc1ccc(NC(=O)[C@@H](C)OC(=O)Cc2ccc(Br)cc2)cc1. The molecule has 5 heteroatoms. The molecule has 1 amide bonds. The number of benzene rings is 2. The Labute approximate surface area is 150 Å². The van der Waals surface area contributed by atoms with Crippen LogP contribution in [-0.2, 0) is 27.2 Å². The molecule has 0 unspecified atom stereocenters. The molecule has 0 saturated heterocycles. The van der Waals surface area contributed by atoms with Gasteiger partial charge in [-0.2, -0.15) is 0 Å². The molecule has 0 aromatic heterocycles. The molecule has 0 aliphatic heterocycles. The third-order valence-electron chi connectivity index (χ3n) is 3.57. The van der Waals surface area contributed by atoms with E-state index in [0.717, 1.165) is 16.5 Å². The van der Waals surface area contributed by atoms with E-state index in [1.165, 1.54) is 5.56 Å². The van der Waals surface area contributed by atoms with Crippen LogP contribution in [-0.4, -0.2) is 18.0 Å². The van der Waals surface area contributed by atoms with Crippen molar-refractivity contribution in [3.63, 3.8) is 0 Å². The molecular weight excluding hydrogens is 370 g/mol. The Hall–Kier alpha value is -2.14. The molecular formula is C19H20BrNO3. The second kappa shape index (κ2) is 8.64. The van der Waals surface area contributed by atoms with Crippen LogP contribution >= 0.6 is 15.9 Å². The highest BCUT2D eigenvalue weighted by Crippen LogP contribution is 2.13. The van der Waals surface area contributed by atoms with Crippen LogP contribution in [0.15, 0.2) is 53.0 Å². The van der Waals surface area contributed by atoms with Gasteiger partial charge in [0.1, 0.15) is 0 Å². The quantitative estimate of drug-likeness (QED) is 0.755. The van der Waals surface area contributed by atoms with E-state index in [9.17, 15) is 9.59 Å². The average Bonchev–Trinajstić information content (AvgIpc) is 2.57. The number of nitrogens with one attached hydrogen (secondary N) is 1. The van der Waals surface area contributed by atoms with Crippen LogP contribution < -0.4 is 5.32 Å². The summed E-state index contributed by atoms with van der Waals surface area (Å²) in [7, 11) is 0. The summed E-state index contributed by atoms with van der Waals surface area (Å²) in [5.41, 5.74) is 2.72. The molecule has 0 fully saturated rings. The van der Waals surface area contributed by atoms with Gasteiger partial charge in [0.2, 0.25) is 0 Å². The number of halogens is 1. The maximum Gasteiger partial charge on any atom is 0.311 e. The van der Waals surface area contributed by atoms with Crippen LogP contribution in [0.2, 0.25) is 0 Å². The van der Waals surface area contributed by atoms with Gasteiger partial charge >= 0.3 is 5.97 Å². The van der Waals surface area contributed by atoms with E-state index in [0.29, 0.717) is 5.69 Å². The van der Waals surface area contributed by atoms with Crippen LogP contribution in [0.3, 0.4) is 0 Å². The van der Waals surface area contributed by atoms with Gasteiger partial charge in [0.05, 0.1) is 6.42 Å². The maximum atomic E-state index is 12.1. The van der Waals surface area contributed by atoms with Gasteiger partial charge in [-0.25, -0.2) is 0 Å². The molecule has 2 aromatic rings. The van der Waals surface area contributed by atoms with Crippen molar-refractivity contribution < 1.29 is 14.3 Å².